The van der Waals surface area contributed by atoms with Crippen LogP contribution in [0.2, 0.25) is 0 Å². The quantitative estimate of drug-likeness (QED) is 0.931. The van der Waals surface area contributed by atoms with Crippen LogP contribution in [0, 0.1) is 5.82 Å². The molecule has 0 spiro atoms. The van der Waals surface area contributed by atoms with Gasteiger partial charge >= 0.3 is 5.97 Å². The molecule has 0 saturated carbocycles. The Balaban J connectivity index is 2.07. The highest BCUT2D eigenvalue weighted by atomic mass is 19.1. The molecule has 0 fully saturated rings. The van der Waals surface area contributed by atoms with Gasteiger partial charge in [-0.25, -0.2) is 9.18 Å². The van der Waals surface area contributed by atoms with Crippen molar-refractivity contribution in [3.63, 3.8) is 0 Å². The number of carbonyl (C=O) groups is 2. The molecule has 2 rings (SSSR count). The van der Waals surface area contributed by atoms with Crippen molar-refractivity contribution in [3.8, 4) is 0 Å². The first-order valence-corrected chi connectivity index (χ1v) is 5.80. The van der Waals surface area contributed by atoms with Gasteiger partial charge in [0.05, 0.1) is 0 Å². The van der Waals surface area contributed by atoms with Crippen LogP contribution in [0.3, 0.4) is 0 Å². The van der Waals surface area contributed by atoms with Crippen molar-refractivity contribution in [2.75, 3.05) is 7.05 Å². The van der Waals surface area contributed by atoms with Crippen LogP contribution in [0.25, 0.3) is 0 Å². The molecular weight excluding hydrogens is 265 g/mol. The Morgan fingerprint density at radius 3 is 2.30 bits per heavy atom. The second kappa shape index (κ2) is 5.56. The van der Waals surface area contributed by atoms with E-state index in [9.17, 15) is 14.0 Å². The van der Waals surface area contributed by atoms with E-state index in [1.807, 2.05) is 0 Å². The van der Waals surface area contributed by atoms with Gasteiger partial charge in [-0.05, 0) is 29.8 Å². The number of aromatic carboxylic acids is 1. The molecule has 1 heterocycles. The predicted molar refractivity (Wildman–Crippen MR) is 67.9 cm³/mol. The van der Waals surface area contributed by atoms with Crippen LogP contribution in [-0.4, -0.2) is 28.9 Å². The second-order valence-corrected chi connectivity index (χ2v) is 4.26. The smallest absolute Gasteiger partial charge is 0.371 e. The third-order valence-electron chi connectivity index (χ3n) is 2.71. The SMILES string of the molecule is CN(Cc1ccc(F)cc1)C(=O)c1ccc(C(=O)O)o1. The van der Waals surface area contributed by atoms with Crippen molar-refractivity contribution < 1.29 is 23.5 Å². The average Bonchev–Trinajstić information content (AvgIpc) is 2.90. The molecule has 5 nitrogen and oxygen atoms in total. The van der Waals surface area contributed by atoms with E-state index in [-0.39, 0.29) is 23.9 Å². The summed E-state index contributed by atoms with van der Waals surface area (Å²) in [6, 6.07) is 8.30. The van der Waals surface area contributed by atoms with Gasteiger partial charge in [-0.3, -0.25) is 4.79 Å². The van der Waals surface area contributed by atoms with Crippen molar-refractivity contribution in [1.82, 2.24) is 4.90 Å². The van der Waals surface area contributed by atoms with Crippen LogP contribution in [-0.2, 0) is 6.54 Å². The molecule has 0 atom stereocenters. The van der Waals surface area contributed by atoms with Gasteiger partial charge in [0, 0.05) is 13.6 Å². The Hall–Kier alpha value is -2.63. The van der Waals surface area contributed by atoms with E-state index in [4.69, 9.17) is 9.52 Å². The number of hydrogen-bond donors (Lipinski definition) is 1. The number of carboxylic acids is 1. The first kappa shape index (κ1) is 13.8. The third-order valence-corrected chi connectivity index (χ3v) is 2.71. The lowest BCUT2D eigenvalue weighted by atomic mass is 10.2. The van der Waals surface area contributed by atoms with E-state index < -0.39 is 11.9 Å². The Kier molecular flexibility index (Phi) is 3.84. The number of hydrogen-bond acceptors (Lipinski definition) is 3. The minimum atomic E-state index is -1.23. The normalized spacial score (nSPS) is 10.3. The summed E-state index contributed by atoms with van der Waals surface area (Å²) in [5.41, 5.74) is 0.757. The van der Waals surface area contributed by atoms with Gasteiger partial charge in [-0.2, -0.15) is 0 Å². The lowest BCUT2D eigenvalue weighted by Gasteiger charge is -2.15. The molecule has 0 aliphatic rings. The summed E-state index contributed by atoms with van der Waals surface area (Å²) in [5, 5.41) is 8.73. The van der Waals surface area contributed by atoms with Gasteiger partial charge < -0.3 is 14.4 Å². The highest BCUT2D eigenvalue weighted by molar-refractivity contribution is 5.93. The number of carboxylic acid groups (broad SMARTS) is 1. The van der Waals surface area contributed by atoms with E-state index in [1.54, 1.807) is 19.2 Å². The van der Waals surface area contributed by atoms with Crippen LogP contribution >= 0.6 is 0 Å². The number of benzene rings is 1. The Labute approximate surface area is 114 Å². The number of furan rings is 1. The standard InChI is InChI=1S/C14H12FNO4/c1-16(8-9-2-4-10(15)5-3-9)13(17)11-6-7-12(20-11)14(18)19/h2-7H,8H2,1H3,(H,18,19). The van der Waals surface area contributed by atoms with Crippen LogP contribution in [0.5, 0.6) is 0 Å². The van der Waals surface area contributed by atoms with Gasteiger partial charge in [0.15, 0.2) is 5.76 Å². The predicted octanol–water partition coefficient (Wildman–Crippen LogP) is 2.39. The van der Waals surface area contributed by atoms with Crippen molar-refractivity contribution >= 4 is 11.9 Å². The zero-order valence-corrected chi connectivity index (χ0v) is 10.7. The monoisotopic (exact) mass is 277 g/mol. The van der Waals surface area contributed by atoms with Gasteiger partial charge in [0.1, 0.15) is 5.82 Å². The summed E-state index contributed by atoms with van der Waals surface area (Å²) in [7, 11) is 1.55. The molecule has 0 aliphatic carbocycles. The Bertz CT molecular complexity index is 633. The maximum atomic E-state index is 12.8. The molecule has 1 N–H and O–H groups in total. The van der Waals surface area contributed by atoms with E-state index >= 15 is 0 Å². The molecule has 0 bridgehead atoms. The number of carbonyl (C=O) groups excluding carboxylic acids is 1. The van der Waals surface area contributed by atoms with Crippen molar-refractivity contribution in [2.45, 2.75) is 6.54 Å². The highest BCUT2D eigenvalue weighted by Crippen LogP contribution is 2.12. The summed E-state index contributed by atoms with van der Waals surface area (Å²) in [6.07, 6.45) is 0. The Morgan fingerprint density at radius 2 is 1.75 bits per heavy atom. The van der Waals surface area contributed by atoms with Gasteiger partial charge in [-0.1, -0.05) is 12.1 Å². The molecule has 0 unspecified atom stereocenters. The van der Waals surface area contributed by atoms with Crippen LogP contribution < -0.4 is 0 Å². The lowest BCUT2D eigenvalue weighted by Crippen LogP contribution is -2.25. The number of amides is 1. The second-order valence-electron chi connectivity index (χ2n) is 4.26. The summed E-state index contributed by atoms with van der Waals surface area (Å²) >= 11 is 0. The molecule has 6 heteroatoms. The summed E-state index contributed by atoms with van der Waals surface area (Å²) in [4.78, 5) is 24.1. The number of rotatable bonds is 4. The topological polar surface area (TPSA) is 70.8 Å². The third kappa shape index (κ3) is 3.03. The van der Waals surface area contributed by atoms with Crippen molar-refractivity contribution in [2.24, 2.45) is 0 Å². The first-order chi connectivity index (χ1) is 9.47. The molecule has 1 amide bonds. The van der Waals surface area contributed by atoms with E-state index in [1.165, 1.54) is 29.2 Å². The fraction of sp³-hybridized carbons (Fsp3) is 0.143. The largest absolute Gasteiger partial charge is 0.475 e. The molecule has 0 radical (unpaired) electrons. The molecule has 1 aromatic heterocycles. The molecule has 1 aromatic carbocycles. The van der Waals surface area contributed by atoms with E-state index in [0.717, 1.165) is 5.56 Å². The first-order valence-electron chi connectivity index (χ1n) is 5.80. The zero-order chi connectivity index (χ0) is 14.7. The van der Waals surface area contributed by atoms with Crippen LogP contribution in [0.1, 0.15) is 26.7 Å². The highest BCUT2D eigenvalue weighted by Gasteiger charge is 2.18. The molecule has 0 aliphatic heterocycles. The fourth-order valence-corrected chi connectivity index (χ4v) is 1.69. The average molecular weight is 277 g/mol. The molecule has 104 valence electrons. The minimum Gasteiger partial charge on any atom is -0.475 e. The number of nitrogens with zero attached hydrogens (tertiary/aromatic N) is 1. The van der Waals surface area contributed by atoms with E-state index in [2.05, 4.69) is 0 Å². The maximum absolute atomic E-state index is 12.8. The van der Waals surface area contributed by atoms with Crippen molar-refractivity contribution in [1.29, 1.82) is 0 Å². The Morgan fingerprint density at radius 1 is 1.15 bits per heavy atom. The lowest BCUT2D eigenvalue weighted by molar-refractivity contribution is 0.0653. The summed E-state index contributed by atoms with van der Waals surface area (Å²) in [5.74, 6) is -2.36. The summed E-state index contributed by atoms with van der Waals surface area (Å²) < 4.78 is 17.7. The van der Waals surface area contributed by atoms with E-state index in [0.29, 0.717) is 0 Å². The van der Waals surface area contributed by atoms with Gasteiger partial charge in [0.25, 0.3) is 5.91 Å². The fourth-order valence-electron chi connectivity index (χ4n) is 1.69. The molecular formula is C14H12FNO4. The molecule has 2 aromatic rings. The number of halogens is 1. The molecule has 20 heavy (non-hydrogen) atoms. The molecule has 0 saturated heterocycles. The van der Waals surface area contributed by atoms with Crippen molar-refractivity contribution in [3.05, 3.63) is 59.3 Å². The maximum Gasteiger partial charge on any atom is 0.371 e. The van der Waals surface area contributed by atoms with Crippen LogP contribution in [0.15, 0.2) is 40.8 Å². The zero-order valence-electron chi connectivity index (χ0n) is 10.7. The van der Waals surface area contributed by atoms with Crippen LogP contribution in [0.4, 0.5) is 4.39 Å². The van der Waals surface area contributed by atoms with Gasteiger partial charge in [0.2, 0.25) is 5.76 Å². The minimum absolute atomic E-state index is 0.0491. The summed E-state index contributed by atoms with van der Waals surface area (Å²) in [6.45, 7) is 0.266. The van der Waals surface area contributed by atoms with Gasteiger partial charge in [-0.15, -0.1) is 0 Å².